The van der Waals surface area contributed by atoms with Crippen LogP contribution in [0.15, 0.2) is 0 Å². The molecule has 0 bridgehead atoms. The Bertz CT molecular complexity index is 213. The molecule has 3 aliphatic rings. The van der Waals surface area contributed by atoms with Crippen molar-refractivity contribution in [2.45, 2.75) is 63.0 Å². The molecule has 0 amide bonds. The molecule has 2 heterocycles. The first-order valence-electron chi connectivity index (χ1n) is 6.76. The highest BCUT2D eigenvalue weighted by atomic mass is 16.5. The van der Waals surface area contributed by atoms with E-state index in [9.17, 15) is 0 Å². The Morgan fingerprint density at radius 1 is 1.20 bits per heavy atom. The molecule has 0 spiro atoms. The zero-order chi connectivity index (χ0) is 10.1. The lowest BCUT2D eigenvalue weighted by molar-refractivity contribution is 0.0921. The second-order valence-electron chi connectivity index (χ2n) is 5.63. The third kappa shape index (κ3) is 2.07. The van der Waals surface area contributed by atoms with Gasteiger partial charge in [0.2, 0.25) is 0 Å². The molecule has 3 rings (SSSR count). The second kappa shape index (κ2) is 4.06. The van der Waals surface area contributed by atoms with Crippen molar-refractivity contribution in [3.63, 3.8) is 0 Å². The van der Waals surface area contributed by atoms with Gasteiger partial charge >= 0.3 is 0 Å². The minimum Gasteiger partial charge on any atom is -0.378 e. The average Bonchev–Trinajstić information content (AvgIpc) is 2.83. The summed E-state index contributed by atoms with van der Waals surface area (Å²) in [6.45, 7) is 2.26. The zero-order valence-electron chi connectivity index (χ0n) is 9.63. The number of ether oxygens (including phenoxy) is 1. The molecule has 1 saturated carbocycles. The maximum Gasteiger partial charge on any atom is 0.0576 e. The number of rotatable bonds is 4. The summed E-state index contributed by atoms with van der Waals surface area (Å²) in [5.74, 6) is 1.00. The molecule has 3 fully saturated rings. The van der Waals surface area contributed by atoms with Crippen molar-refractivity contribution < 1.29 is 4.74 Å². The quantitative estimate of drug-likeness (QED) is 0.768. The average molecular weight is 209 g/mol. The highest BCUT2D eigenvalue weighted by molar-refractivity contribution is 5.04. The van der Waals surface area contributed by atoms with E-state index in [2.05, 4.69) is 5.32 Å². The topological polar surface area (TPSA) is 21.3 Å². The van der Waals surface area contributed by atoms with Crippen LogP contribution in [0.4, 0.5) is 0 Å². The normalized spacial score (nSPS) is 41.2. The van der Waals surface area contributed by atoms with E-state index < -0.39 is 0 Å². The molecule has 2 nitrogen and oxygen atoms in total. The SMILES string of the molecule is C1COC(CCC2(C3CC3)CCCN2)C1. The molecule has 2 saturated heterocycles. The summed E-state index contributed by atoms with van der Waals surface area (Å²) in [4.78, 5) is 0. The molecule has 2 heteroatoms. The van der Waals surface area contributed by atoms with Crippen LogP contribution in [0.25, 0.3) is 0 Å². The number of hydrogen-bond donors (Lipinski definition) is 1. The van der Waals surface area contributed by atoms with Crippen molar-refractivity contribution in [1.82, 2.24) is 5.32 Å². The van der Waals surface area contributed by atoms with Crippen LogP contribution >= 0.6 is 0 Å². The fourth-order valence-electron chi connectivity index (χ4n) is 3.52. The Hall–Kier alpha value is -0.0800. The Kier molecular flexibility index (Phi) is 2.73. The Labute approximate surface area is 92.8 Å². The van der Waals surface area contributed by atoms with E-state index in [0.717, 1.165) is 12.5 Å². The molecule has 0 radical (unpaired) electrons. The molecule has 0 aromatic heterocycles. The molecule has 1 aliphatic carbocycles. The summed E-state index contributed by atoms with van der Waals surface area (Å²) in [5, 5.41) is 3.80. The summed E-state index contributed by atoms with van der Waals surface area (Å²) >= 11 is 0. The fourth-order valence-corrected chi connectivity index (χ4v) is 3.52. The van der Waals surface area contributed by atoms with Gasteiger partial charge in [0.1, 0.15) is 0 Å². The largest absolute Gasteiger partial charge is 0.378 e. The predicted molar refractivity (Wildman–Crippen MR) is 60.9 cm³/mol. The number of hydrogen-bond acceptors (Lipinski definition) is 2. The Morgan fingerprint density at radius 2 is 2.13 bits per heavy atom. The molecular formula is C13H23NO. The summed E-state index contributed by atoms with van der Waals surface area (Å²) in [6, 6.07) is 0. The van der Waals surface area contributed by atoms with Gasteiger partial charge in [0.05, 0.1) is 6.10 Å². The van der Waals surface area contributed by atoms with Gasteiger partial charge in [0.25, 0.3) is 0 Å². The molecule has 2 atom stereocenters. The lowest BCUT2D eigenvalue weighted by Crippen LogP contribution is -2.42. The minimum atomic E-state index is 0.534. The molecule has 2 unspecified atom stereocenters. The maximum atomic E-state index is 5.73. The van der Waals surface area contributed by atoms with Crippen molar-refractivity contribution in [3.05, 3.63) is 0 Å². The van der Waals surface area contributed by atoms with Crippen LogP contribution in [0.2, 0.25) is 0 Å². The third-order valence-electron chi connectivity index (χ3n) is 4.57. The molecule has 0 aromatic rings. The molecule has 2 aliphatic heterocycles. The van der Waals surface area contributed by atoms with Gasteiger partial charge in [0.15, 0.2) is 0 Å². The van der Waals surface area contributed by atoms with Gasteiger partial charge in [0, 0.05) is 12.1 Å². The first-order chi connectivity index (χ1) is 7.39. The molecule has 1 N–H and O–H groups in total. The summed E-state index contributed by atoms with van der Waals surface area (Å²) < 4.78 is 5.73. The standard InChI is InChI=1S/C13H23NO/c1-3-12(15-10-1)6-8-13(11-4-5-11)7-2-9-14-13/h11-12,14H,1-10H2. The summed E-state index contributed by atoms with van der Waals surface area (Å²) in [5.41, 5.74) is 0.534. The first-order valence-corrected chi connectivity index (χ1v) is 6.76. The van der Waals surface area contributed by atoms with Gasteiger partial charge in [-0.3, -0.25) is 0 Å². The van der Waals surface area contributed by atoms with Gasteiger partial charge in [-0.05, 0) is 63.8 Å². The van der Waals surface area contributed by atoms with Gasteiger partial charge in [-0.25, -0.2) is 0 Å². The van der Waals surface area contributed by atoms with Gasteiger partial charge in [-0.1, -0.05) is 0 Å². The van der Waals surface area contributed by atoms with Crippen LogP contribution in [0, 0.1) is 5.92 Å². The van der Waals surface area contributed by atoms with E-state index in [4.69, 9.17) is 4.74 Å². The van der Waals surface area contributed by atoms with Crippen LogP contribution in [0.1, 0.15) is 51.4 Å². The van der Waals surface area contributed by atoms with Crippen molar-refractivity contribution in [3.8, 4) is 0 Å². The fraction of sp³-hybridized carbons (Fsp3) is 1.00. The third-order valence-corrected chi connectivity index (χ3v) is 4.57. The lowest BCUT2D eigenvalue weighted by atomic mass is 9.85. The molecular weight excluding hydrogens is 186 g/mol. The summed E-state index contributed by atoms with van der Waals surface area (Å²) in [7, 11) is 0. The predicted octanol–water partition coefficient (Wildman–Crippen LogP) is 2.48. The van der Waals surface area contributed by atoms with Crippen LogP contribution in [-0.2, 0) is 4.74 Å². The van der Waals surface area contributed by atoms with Crippen molar-refractivity contribution >= 4 is 0 Å². The zero-order valence-corrected chi connectivity index (χ0v) is 9.63. The van der Waals surface area contributed by atoms with E-state index in [1.165, 1.54) is 57.9 Å². The first kappa shape index (κ1) is 10.1. The smallest absolute Gasteiger partial charge is 0.0576 e. The monoisotopic (exact) mass is 209 g/mol. The Morgan fingerprint density at radius 3 is 2.73 bits per heavy atom. The van der Waals surface area contributed by atoms with Crippen molar-refractivity contribution in [2.24, 2.45) is 5.92 Å². The van der Waals surface area contributed by atoms with Crippen LogP contribution in [0.5, 0.6) is 0 Å². The highest BCUT2D eigenvalue weighted by Gasteiger charge is 2.46. The summed E-state index contributed by atoms with van der Waals surface area (Å²) in [6.07, 6.45) is 11.6. The lowest BCUT2D eigenvalue weighted by Gasteiger charge is -2.30. The van der Waals surface area contributed by atoms with E-state index in [-0.39, 0.29) is 0 Å². The number of nitrogens with one attached hydrogen (secondary N) is 1. The van der Waals surface area contributed by atoms with E-state index >= 15 is 0 Å². The molecule has 86 valence electrons. The van der Waals surface area contributed by atoms with Crippen LogP contribution in [-0.4, -0.2) is 24.8 Å². The van der Waals surface area contributed by atoms with Crippen molar-refractivity contribution in [1.29, 1.82) is 0 Å². The molecule has 0 aromatic carbocycles. The molecule has 15 heavy (non-hydrogen) atoms. The van der Waals surface area contributed by atoms with Gasteiger partial charge < -0.3 is 10.1 Å². The highest BCUT2D eigenvalue weighted by Crippen LogP contribution is 2.47. The van der Waals surface area contributed by atoms with Crippen LogP contribution < -0.4 is 5.32 Å². The van der Waals surface area contributed by atoms with Gasteiger partial charge in [-0.2, -0.15) is 0 Å². The van der Waals surface area contributed by atoms with Crippen LogP contribution in [0.3, 0.4) is 0 Å². The minimum absolute atomic E-state index is 0.534. The Balaban J connectivity index is 1.54. The van der Waals surface area contributed by atoms with E-state index in [1.54, 1.807) is 0 Å². The maximum absolute atomic E-state index is 5.73. The van der Waals surface area contributed by atoms with E-state index in [0.29, 0.717) is 11.6 Å². The van der Waals surface area contributed by atoms with Crippen molar-refractivity contribution in [2.75, 3.05) is 13.2 Å². The second-order valence-corrected chi connectivity index (χ2v) is 5.63. The van der Waals surface area contributed by atoms with E-state index in [1.807, 2.05) is 0 Å². The van der Waals surface area contributed by atoms with Gasteiger partial charge in [-0.15, -0.1) is 0 Å².